The third kappa shape index (κ3) is 5.10. The van der Waals surface area contributed by atoms with E-state index in [9.17, 15) is 13.6 Å². The normalized spacial score (nSPS) is 10.9. The molecule has 0 bridgehead atoms. The highest BCUT2D eigenvalue weighted by molar-refractivity contribution is 7.99. The molecule has 2 aromatic carbocycles. The van der Waals surface area contributed by atoms with E-state index in [0.717, 1.165) is 11.3 Å². The standard InChI is InChI=1S/C20H20F2N4OS/c1-25(2)16-7-3-14(4-8-16)13-26-18(11-12-23-26)24-19(27)15-5-9-17(10-6-15)28-20(21)22/h3-12,20H,13H2,1-2H3,(H,24,27). The number of alkyl halides is 2. The van der Waals surface area contributed by atoms with Gasteiger partial charge in [0.15, 0.2) is 0 Å². The number of benzene rings is 2. The Bertz CT molecular complexity index is 924. The van der Waals surface area contributed by atoms with Crippen LogP contribution in [0.3, 0.4) is 0 Å². The maximum absolute atomic E-state index is 12.5. The number of carbonyl (C=O) groups is 1. The largest absolute Gasteiger partial charge is 0.378 e. The number of carbonyl (C=O) groups excluding carboxylic acids is 1. The molecule has 1 aromatic heterocycles. The van der Waals surface area contributed by atoms with Gasteiger partial charge in [-0.05, 0) is 42.0 Å². The Morgan fingerprint density at radius 3 is 2.39 bits per heavy atom. The molecule has 0 aliphatic rings. The Kier molecular flexibility index (Phi) is 6.30. The third-order valence-corrected chi connectivity index (χ3v) is 4.81. The van der Waals surface area contributed by atoms with Crippen LogP contribution in [0, 0.1) is 0 Å². The Morgan fingerprint density at radius 2 is 1.79 bits per heavy atom. The van der Waals surface area contributed by atoms with E-state index < -0.39 is 5.76 Å². The predicted octanol–water partition coefficient (Wildman–Crippen LogP) is 4.56. The number of nitrogens with one attached hydrogen (secondary N) is 1. The lowest BCUT2D eigenvalue weighted by atomic mass is 10.2. The van der Waals surface area contributed by atoms with Crippen molar-refractivity contribution in [2.45, 2.75) is 17.2 Å². The molecule has 0 saturated heterocycles. The number of hydrogen-bond acceptors (Lipinski definition) is 4. The van der Waals surface area contributed by atoms with Gasteiger partial charge in [-0.1, -0.05) is 23.9 Å². The average Bonchev–Trinajstić information content (AvgIpc) is 3.09. The minimum absolute atomic E-state index is 0.321. The number of amides is 1. The van der Waals surface area contributed by atoms with Crippen molar-refractivity contribution in [1.82, 2.24) is 9.78 Å². The molecule has 1 heterocycles. The summed E-state index contributed by atoms with van der Waals surface area (Å²) in [6.45, 7) is 0.514. The second kappa shape index (κ2) is 8.88. The van der Waals surface area contributed by atoms with Gasteiger partial charge >= 0.3 is 0 Å². The molecule has 5 nitrogen and oxygen atoms in total. The second-order valence-electron chi connectivity index (χ2n) is 6.29. The third-order valence-electron chi connectivity index (χ3n) is 4.08. The number of anilines is 2. The summed E-state index contributed by atoms with van der Waals surface area (Å²) >= 11 is 0.448. The fourth-order valence-electron chi connectivity index (χ4n) is 2.61. The van der Waals surface area contributed by atoms with Crippen molar-refractivity contribution in [3.05, 3.63) is 71.9 Å². The number of halogens is 2. The minimum atomic E-state index is -2.49. The van der Waals surface area contributed by atoms with E-state index in [-0.39, 0.29) is 5.91 Å². The molecular formula is C20H20F2N4OS. The van der Waals surface area contributed by atoms with Crippen molar-refractivity contribution in [3.63, 3.8) is 0 Å². The van der Waals surface area contributed by atoms with Crippen molar-refractivity contribution in [1.29, 1.82) is 0 Å². The van der Waals surface area contributed by atoms with Crippen LogP contribution in [0.15, 0.2) is 65.7 Å². The van der Waals surface area contributed by atoms with Gasteiger partial charge in [0.2, 0.25) is 0 Å². The molecule has 0 aliphatic carbocycles. The lowest BCUT2D eigenvalue weighted by Crippen LogP contribution is -2.16. The first-order valence-electron chi connectivity index (χ1n) is 8.56. The summed E-state index contributed by atoms with van der Waals surface area (Å²) in [5, 5.41) is 7.08. The van der Waals surface area contributed by atoms with Gasteiger partial charge in [-0.2, -0.15) is 13.9 Å². The molecule has 0 unspecified atom stereocenters. The first-order valence-corrected chi connectivity index (χ1v) is 9.44. The number of nitrogens with zero attached hydrogens (tertiary/aromatic N) is 3. The molecule has 3 rings (SSSR count). The van der Waals surface area contributed by atoms with Crippen molar-refractivity contribution < 1.29 is 13.6 Å². The van der Waals surface area contributed by atoms with Crippen molar-refractivity contribution >= 4 is 29.2 Å². The van der Waals surface area contributed by atoms with E-state index in [1.165, 1.54) is 24.3 Å². The van der Waals surface area contributed by atoms with Gasteiger partial charge in [0, 0.05) is 36.3 Å². The van der Waals surface area contributed by atoms with Gasteiger partial charge in [0.1, 0.15) is 5.82 Å². The van der Waals surface area contributed by atoms with Crippen LogP contribution in [0.5, 0.6) is 0 Å². The fraction of sp³-hybridized carbons (Fsp3) is 0.200. The molecule has 0 aliphatic heterocycles. The van der Waals surface area contributed by atoms with E-state index in [0.29, 0.717) is 34.6 Å². The van der Waals surface area contributed by atoms with Crippen LogP contribution in [0.1, 0.15) is 15.9 Å². The first-order chi connectivity index (χ1) is 13.4. The summed E-state index contributed by atoms with van der Waals surface area (Å²) in [4.78, 5) is 14.9. The summed E-state index contributed by atoms with van der Waals surface area (Å²) in [6, 6.07) is 15.9. The molecule has 0 radical (unpaired) electrons. The summed E-state index contributed by atoms with van der Waals surface area (Å²) in [7, 11) is 3.96. The molecule has 0 fully saturated rings. The second-order valence-corrected chi connectivity index (χ2v) is 7.36. The molecule has 1 amide bonds. The van der Waals surface area contributed by atoms with E-state index in [2.05, 4.69) is 10.4 Å². The van der Waals surface area contributed by atoms with Gasteiger partial charge in [0.05, 0.1) is 12.7 Å². The van der Waals surface area contributed by atoms with Gasteiger partial charge in [-0.15, -0.1) is 0 Å². The summed E-state index contributed by atoms with van der Waals surface area (Å²) < 4.78 is 26.5. The molecule has 0 spiro atoms. The van der Waals surface area contributed by atoms with Crippen LogP contribution in [0.2, 0.25) is 0 Å². The van der Waals surface area contributed by atoms with Crippen LogP contribution in [-0.4, -0.2) is 35.5 Å². The zero-order valence-corrected chi connectivity index (χ0v) is 16.3. The lowest BCUT2D eigenvalue weighted by molar-refractivity contribution is 0.102. The predicted molar refractivity (Wildman–Crippen MR) is 108 cm³/mol. The van der Waals surface area contributed by atoms with E-state index in [1.54, 1.807) is 16.9 Å². The maximum Gasteiger partial charge on any atom is 0.288 e. The zero-order chi connectivity index (χ0) is 20.1. The molecular weight excluding hydrogens is 382 g/mol. The summed E-state index contributed by atoms with van der Waals surface area (Å²) in [5.74, 6) is -2.24. The smallest absolute Gasteiger partial charge is 0.288 e. The maximum atomic E-state index is 12.5. The van der Waals surface area contributed by atoms with E-state index in [1.807, 2.05) is 43.3 Å². The number of rotatable bonds is 7. The van der Waals surface area contributed by atoms with Gasteiger partial charge in [-0.25, -0.2) is 4.68 Å². The van der Waals surface area contributed by atoms with Crippen LogP contribution < -0.4 is 10.2 Å². The van der Waals surface area contributed by atoms with Crippen molar-refractivity contribution in [2.24, 2.45) is 0 Å². The summed E-state index contributed by atoms with van der Waals surface area (Å²) in [6.07, 6.45) is 1.62. The van der Waals surface area contributed by atoms with Gasteiger partial charge in [0.25, 0.3) is 11.7 Å². The highest BCUT2D eigenvalue weighted by Gasteiger charge is 2.11. The van der Waals surface area contributed by atoms with Crippen molar-refractivity contribution in [3.8, 4) is 0 Å². The summed E-state index contributed by atoms with van der Waals surface area (Å²) in [5.41, 5.74) is 2.55. The van der Waals surface area contributed by atoms with E-state index >= 15 is 0 Å². The molecule has 0 atom stereocenters. The number of hydrogen-bond donors (Lipinski definition) is 1. The van der Waals surface area contributed by atoms with Crippen LogP contribution in [-0.2, 0) is 6.54 Å². The Labute approximate surface area is 166 Å². The Hall–Kier alpha value is -2.87. The van der Waals surface area contributed by atoms with Gasteiger partial charge in [-0.3, -0.25) is 4.79 Å². The monoisotopic (exact) mass is 402 g/mol. The Balaban J connectivity index is 1.67. The highest BCUT2D eigenvalue weighted by Crippen LogP contribution is 2.25. The molecule has 28 heavy (non-hydrogen) atoms. The Morgan fingerprint density at radius 1 is 1.11 bits per heavy atom. The SMILES string of the molecule is CN(C)c1ccc(Cn2nccc2NC(=O)c2ccc(SC(F)F)cc2)cc1. The quantitative estimate of drug-likeness (QED) is 0.589. The molecule has 146 valence electrons. The van der Waals surface area contributed by atoms with Crippen molar-refractivity contribution in [2.75, 3.05) is 24.3 Å². The fourth-order valence-corrected chi connectivity index (χ4v) is 3.11. The number of thioether (sulfide) groups is 1. The molecule has 0 saturated carbocycles. The molecule has 8 heteroatoms. The van der Waals surface area contributed by atoms with E-state index in [4.69, 9.17) is 0 Å². The highest BCUT2D eigenvalue weighted by atomic mass is 32.2. The molecule has 3 aromatic rings. The first kappa shape index (κ1) is 19.9. The molecule has 1 N–H and O–H groups in total. The van der Waals surface area contributed by atoms with Crippen LogP contribution in [0.25, 0.3) is 0 Å². The average molecular weight is 402 g/mol. The zero-order valence-electron chi connectivity index (χ0n) is 15.5. The van der Waals surface area contributed by atoms with Gasteiger partial charge < -0.3 is 10.2 Å². The lowest BCUT2D eigenvalue weighted by Gasteiger charge is -2.13. The van der Waals surface area contributed by atoms with Crippen LogP contribution >= 0.6 is 11.8 Å². The van der Waals surface area contributed by atoms with Crippen LogP contribution in [0.4, 0.5) is 20.3 Å². The number of aromatic nitrogens is 2. The topological polar surface area (TPSA) is 50.2 Å². The minimum Gasteiger partial charge on any atom is -0.378 e.